The van der Waals surface area contributed by atoms with Gasteiger partial charge in [0.25, 0.3) is 0 Å². The van der Waals surface area contributed by atoms with Crippen LogP contribution in [0.1, 0.15) is 44.4 Å². The summed E-state index contributed by atoms with van der Waals surface area (Å²) in [5.74, 6) is 0.0764. The Kier molecular flexibility index (Phi) is 7.86. The number of halogens is 2. The molecular formula is C24H29ClFN3O. The van der Waals surface area contributed by atoms with Crippen molar-refractivity contribution in [1.29, 1.82) is 0 Å². The number of benzene rings is 1. The molecular weight excluding hydrogens is 401 g/mol. The molecule has 0 atom stereocenters. The van der Waals surface area contributed by atoms with Gasteiger partial charge >= 0.3 is 0 Å². The van der Waals surface area contributed by atoms with E-state index >= 15 is 0 Å². The Balaban J connectivity index is 1.92. The molecule has 0 saturated carbocycles. The average molecular weight is 430 g/mol. The molecule has 1 amide bonds. The number of alkyl halides is 1. The monoisotopic (exact) mass is 429 g/mol. The Morgan fingerprint density at radius 2 is 1.80 bits per heavy atom. The van der Waals surface area contributed by atoms with Crippen LogP contribution < -0.4 is 0 Å². The summed E-state index contributed by atoms with van der Waals surface area (Å²) in [6, 6.07) is 12.0. The quantitative estimate of drug-likeness (QED) is 0.385. The van der Waals surface area contributed by atoms with Gasteiger partial charge in [-0.3, -0.25) is 9.18 Å². The number of rotatable bonds is 10. The molecule has 0 aliphatic rings. The first kappa shape index (κ1) is 22.3. The molecule has 3 rings (SSSR count). The van der Waals surface area contributed by atoms with Gasteiger partial charge in [0, 0.05) is 24.8 Å². The standard InChI is InChI=1S/C24H29ClFN3O/c1-3-28(4-2)23(30)16-21-24(27-22-14-13-20(25)17-29(21)22)19-11-9-18(10-12-19)8-6-5-7-15-26/h9-14,17H,3-8,15-16H2,1-2H3. The number of aromatic nitrogens is 2. The van der Waals surface area contributed by atoms with Gasteiger partial charge in [-0.25, -0.2) is 4.98 Å². The first-order valence-electron chi connectivity index (χ1n) is 10.7. The van der Waals surface area contributed by atoms with E-state index in [-0.39, 0.29) is 19.0 Å². The van der Waals surface area contributed by atoms with E-state index in [1.807, 2.05) is 41.5 Å². The van der Waals surface area contributed by atoms with Gasteiger partial charge in [0.1, 0.15) is 5.65 Å². The van der Waals surface area contributed by atoms with Crippen LogP contribution >= 0.6 is 11.6 Å². The zero-order valence-corrected chi connectivity index (χ0v) is 18.5. The van der Waals surface area contributed by atoms with Gasteiger partial charge in [0.05, 0.1) is 29.5 Å². The van der Waals surface area contributed by atoms with Crippen LogP contribution in [-0.4, -0.2) is 40.0 Å². The maximum atomic E-state index is 12.8. The molecule has 30 heavy (non-hydrogen) atoms. The lowest BCUT2D eigenvalue weighted by Crippen LogP contribution is -2.32. The van der Waals surface area contributed by atoms with Crippen molar-refractivity contribution in [3.63, 3.8) is 0 Å². The van der Waals surface area contributed by atoms with Crippen LogP contribution in [-0.2, 0) is 17.6 Å². The van der Waals surface area contributed by atoms with Crippen LogP contribution in [0, 0.1) is 0 Å². The third kappa shape index (κ3) is 5.20. The second-order valence-corrected chi connectivity index (χ2v) is 7.86. The molecule has 0 fully saturated rings. The van der Waals surface area contributed by atoms with Gasteiger partial charge < -0.3 is 9.30 Å². The Bertz CT molecular complexity index is 980. The molecule has 0 N–H and O–H groups in total. The molecule has 6 heteroatoms. The van der Waals surface area contributed by atoms with E-state index in [9.17, 15) is 9.18 Å². The zero-order valence-electron chi connectivity index (χ0n) is 17.7. The number of nitrogens with zero attached hydrogens (tertiary/aromatic N) is 3. The van der Waals surface area contributed by atoms with Crippen LogP contribution in [0.15, 0.2) is 42.6 Å². The molecule has 3 aromatic rings. The number of likely N-dealkylation sites (N-methyl/N-ethyl adjacent to an activating group) is 1. The molecule has 4 nitrogen and oxygen atoms in total. The van der Waals surface area contributed by atoms with Crippen molar-refractivity contribution in [3.8, 4) is 11.3 Å². The predicted molar refractivity (Wildman–Crippen MR) is 121 cm³/mol. The summed E-state index contributed by atoms with van der Waals surface area (Å²) >= 11 is 6.22. The molecule has 1 aromatic carbocycles. The molecule has 0 saturated heterocycles. The predicted octanol–water partition coefficient (Wildman–Crippen LogP) is 5.75. The normalized spacial score (nSPS) is 11.2. The maximum absolute atomic E-state index is 12.8. The van der Waals surface area contributed by atoms with Gasteiger partial charge in [-0.05, 0) is 50.8 Å². The highest BCUT2D eigenvalue weighted by Gasteiger charge is 2.19. The number of amides is 1. The van der Waals surface area contributed by atoms with Crippen molar-refractivity contribution >= 4 is 23.2 Å². The molecule has 2 aromatic heterocycles. The van der Waals surface area contributed by atoms with Crippen LogP contribution in [0.5, 0.6) is 0 Å². The first-order chi connectivity index (χ1) is 14.6. The van der Waals surface area contributed by atoms with E-state index < -0.39 is 0 Å². The second kappa shape index (κ2) is 10.6. The third-order valence-electron chi connectivity index (χ3n) is 5.44. The van der Waals surface area contributed by atoms with Gasteiger partial charge in [0.2, 0.25) is 5.91 Å². The SMILES string of the molecule is CCN(CC)C(=O)Cc1c(-c2ccc(CCCCCF)cc2)nc2ccc(Cl)cn12. The number of aryl methyl sites for hydroxylation is 1. The fraction of sp³-hybridized carbons (Fsp3) is 0.417. The number of carbonyl (C=O) groups excluding carboxylic acids is 1. The second-order valence-electron chi connectivity index (χ2n) is 7.42. The smallest absolute Gasteiger partial charge is 0.228 e. The number of hydrogen-bond donors (Lipinski definition) is 0. The highest BCUT2D eigenvalue weighted by molar-refractivity contribution is 6.30. The topological polar surface area (TPSA) is 37.6 Å². The number of unbranched alkanes of at least 4 members (excludes halogenated alkanes) is 2. The summed E-state index contributed by atoms with van der Waals surface area (Å²) in [6.07, 6.45) is 5.55. The van der Waals surface area contributed by atoms with Crippen molar-refractivity contribution in [2.75, 3.05) is 19.8 Å². The van der Waals surface area contributed by atoms with E-state index in [0.717, 1.165) is 41.9 Å². The van der Waals surface area contributed by atoms with E-state index in [1.165, 1.54) is 5.56 Å². The van der Waals surface area contributed by atoms with Gasteiger partial charge in [-0.15, -0.1) is 0 Å². The van der Waals surface area contributed by atoms with Crippen LogP contribution in [0.25, 0.3) is 16.9 Å². The summed E-state index contributed by atoms with van der Waals surface area (Å²) in [6.45, 7) is 5.09. The molecule has 2 heterocycles. The summed E-state index contributed by atoms with van der Waals surface area (Å²) in [7, 11) is 0. The van der Waals surface area contributed by atoms with Crippen molar-refractivity contribution < 1.29 is 9.18 Å². The van der Waals surface area contributed by atoms with Crippen LogP contribution in [0.4, 0.5) is 4.39 Å². The van der Waals surface area contributed by atoms with E-state index in [2.05, 4.69) is 24.3 Å². The number of carbonyl (C=O) groups is 1. The van der Waals surface area contributed by atoms with Gasteiger partial charge in [-0.1, -0.05) is 42.3 Å². The highest BCUT2D eigenvalue weighted by Crippen LogP contribution is 2.27. The minimum absolute atomic E-state index is 0.0764. The van der Waals surface area contributed by atoms with E-state index in [0.29, 0.717) is 24.5 Å². The van der Waals surface area contributed by atoms with Crippen LogP contribution in [0.3, 0.4) is 0 Å². The fourth-order valence-corrected chi connectivity index (χ4v) is 3.89. The Morgan fingerprint density at radius 3 is 2.47 bits per heavy atom. The molecule has 0 spiro atoms. The minimum atomic E-state index is -0.244. The number of fused-ring (bicyclic) bond motifs is 1. The fourth-order valence-electron chi connectivity index (χ4n) is 3.73. The molecule has 0 bridgehead atoms. The van der Waals surface area contributed by atoms with Crippen LogP contribution in [0.2, 0.25) is 5.02 Å². The summed E-state index contributed by atoms with van der Waals surface area (Å²) in [5.41, 5.74) is 4.63. The van der Waals surface area contributed by atoms with E-state index in [4.69, 9.17) is 16.6 Å². The van der Waals surface area contributed by atoms with Gasteiger partial charge in [-0.2, -0.15) is 0 Å². The molecule has 160 valence electrons. The number of hydrogen-bond acceptors (Lipinski definition) is 2. The number of imidazole rings is 1. The third-order valence-corrected chi connectivity index (χ3v) is 5.67. The average Bonchev–Trinajstić information content (AvgIpc) is 3.10. The first-order valence-corrected chi connectivity index (χ1v) is 11.0. The summed E-state index contributed by atoms with van der Waals surface area (Å²) in [4.78, 5) is 19.5. The molecule has 0 aliphatic heterocycles. The Labute approximate surface area is 182 Å². The van der Waals surface area contributed by atoms with Crippen molar-refractivity contribution in [2.45, 2.75) is 46.0 Å². The van der Waals surface area contributed by atoms with Crippen molar-refractivity contribution in [3.05, 3.63) is 58.9 Å². The Morgan fingerprint density at radius 1 is 1.07 bits per heavy atom. The Hall–Kier alpha value is -2.40. The molecule has 0 radical (unpaired) electrons. The largest absolute Gasteiger partial charge is 0.343 e. The number of pyridine rings is 1. The maximum Gasteiger partial charge on any atom is 0.228 e. The zero-order chi connectivity index (χ0) is 21.5. The lowest BCUT2D eigenvalue weighted by atomic mass is 10.0. The molecule has 0 aliphatic carbocycles. The summed E-state index contributed by atoms with van der Waals surface area (Å²) in [5, 5.41) is 0.603. The summed E-state index contributed by atoms with van der Waals surface area (Å²) < 4.78 is 14.2. The molecule has 0 unspecified atom stereocenters. The lowest BCUT2D eigenvalue weighted by Gasteiger charge is -2.18. The lowest BCUT2D eigenvalue weighted by molar-refractivity contribution is -0.130. The van der Waals surface area contributed by atoms with Crippen molar-refractivity contribution in [2.24, 2.45) is 0 Å². The van der Waals surface area contributed by atoms with E-state index in [1.54, 1.807) is 0 Å². The van der Waals surface area contributed by atoms with Gasteiger partial charge in [0.15, 0.2) is 0 Å². The minimum Gasteiger partial charge on any atom is -0.343 e. The van der Waals surface area contributed by atoms with Crippen molar-refractivity contribution in [1.82, 2.24) is 14.3 Å². The highest BCUT2D eigenvalue weighted by atomic mass is 35.5.